The van der Waals surface area contributed by atoms with Gasteiger partial charge in [-0.3, -0.25) is 0 Å². The van der Waals surface area contributed by atoms with E-state index in [1.165, 1.54) is 10.8 Å². The summed E-state index contributed by atoms with van der Waals surface area (Å²) < 4.78 is 11.9. The largest absolute Gasteiger partial charge is 0.488 e. The summed E-state index contributed by atoms with van der Waals surface area (Å²) in [7, 11) is 1.68. The van der Waals surface area contributed by atoms with E-state index in [-0.39, 0.29) is 0 Å². The Balaban J connectivity index is 1.61. The van der Waals surface area contributed by atoms with Gasteiger partial charge in [-0.05, 0) is 46.5 Å². The molecule has 4 rings (SSSR count). The summed E-state index contributed by atoms with van der Waals surface area (Å²) in [5.41, 5.74) is 1.78. The molecule has 1 aromatic heterocycles. The summed E-state index contributed by atoms with van der Waals surface area (Å²) >= 11 is 1.55. The first-order valence-corrected chi connectivity index (χ1v) is 10.7. The van der Waals surface area contributed by atoms with Crippen LogP contribution in [0.5, 0.6) is 5.75 Å². The van der Waals surface area contributed by atoms with E-state index in [0.29, 0.717) is 24.3 Å². The summed E-state index contributed by atoms with van der Waals surface area (Å²) in [4.78, 5) is 4.46. The Bertz CT molecular complexity index is 1190. The zero-order valence-corrected chi connectivity index (χ0v) is 17.8. The minimum Gasteiger partial charge on any atom is -0.488 e. The molecule has 30 heavy (non-hydrogen) atoms. The molecule has 0 spiro atoms. The third-order valence-corrected chi connectivity index (χ3v) is 6.31. The quantitative estimate of drug-likeness (QED) is 0.369. The van der Waals surface area contributed by atoms with Crippen LogP contribution < -0.4 is 4.74 Å². The lowest BCUT2D eigenvalue weighted by atomic mass is 9.90. The number of fused-ring (bicyclic) bond motifs is 1. The predicted molar refractivity (Wildman–Crippen MR) is 120 cm³/mol. The number of aromatic nitrogens is 1. The van der Waals surface area contributed by atoms with Crippen LogP contribution in [-0.4, -0.2) is 12.1 Å². The molecule has 1 heterocycles. The van der Waals surface area contributed by atoms with E-state index in [0.717, 1.165) is 16.1 Å². The minimum atomic E-state index is -0.670. The van der Waals surface area contributed by atoms with Crippen LogP contribution in [0.3, 0.4) is 0 Å². The van der Waals surface area contributed by atoms with Crippen LogP contribution >= 0.6 is 11.3 Å². The van der Waals surface area contributed by atoms with Crippen molar-refractivity contribution in [3.63, 3.8) is 0 Å². The maximum absolute atomic E-state index is 9.74. The molecule has 0 saturated heterocycles. The molecule has 0 bridgehead atoms. The van der Waals surface area contributed by atoms with Crippen LogP contribution in [0.15, 0.2) is 72.2 Å². The van der Waals surface area contributed by atoms with Crippen molar-refractivity contribution in [2.75, 3.05) is 7.11 Å². The molecule has 4 nitrogen and oxygen atoms in total. The van der Waals surface area contributed by atoms with Crippen LogP contribution in [0.25, 0.3) is 10.8 Å². The highest BCUT2D eigenvalue weighted by molar-refractivity contribution is 7.09. The average molecular weight is 415 g/mol. The molecule has 0 N–H and O–H groups in total. The normalized spacial score (nSPS) is 13.0. The van der Waals surface area contributed by atoms with E-state index >= 15 is 0 Å². The fourth-order valence-electron chi connectivity index (χ4n) is 3.74. The molecule has 150 valence electrons. The summed E-state index contributed by atoms with van der Waals surface area (Å²) in [6.07, 6.45) is 2.48. The molecule has 4 aromatic rings. The Labute approximate surface area is 180 Å². The van der Waals surface area contributed by atoms with Crippen molar-refractivity contribution in [3.8, 4) is 11.8 Å². The van der Waals surface area contributed by atoms with Crippen molar-refractivity contribution in [2.24, 2.45) is 0 Å². The number of benzene rings is 3. The van der Waals surface area contributed by atoms with Crippen molar-refractivity contribution in [1.29, 1.82) is 5.26 Å². The Morgan fingerprint density at radius 1 is 1.07 bits per heavy atom. The van der Waals surface area contributed by atoms with Gasteiger partial charge >= 0.3 is 0 Å². The maximum atomic E-state index is 9.74. The molecular weight excluding hydrogens is 392 g/mol. The molecule has 3 aromatic carbocycles. The van der Waals surface area contributed by atoms with Crippen LogP contribution in [0, 0.1) is 11.3 Å². The lowest BCUT2D eigenvalue weighted by Gasteiger charge is -2.30. The monoisotopic (exact) mass is 414 g/mol. The molecular formula is C25H22N2O2S. The van der Waals surface area contributed by atoms with Crippen LogP contribution in [0.2, 0.25) is 0 Å². The summed E-state index contributed by atoms with van der Waals surface area (Å²) in [6.45, 7) is 2.45. The Morgan fingerprint density at radius 3 is 2.60 bits per heavy atom. The molecule has 0 aliphatic heterocycles. The fourth-order valence-corrected chi connectivity index (χ4v) is 4.64. The van der Waals surface area contributed by atoms with Crippen molar-refractivity contribution < 1.29 is 9.47 Å². The topological polar surface area (TPSA) is 55.1 Å². The van der Waals surface area contributed by atoms with Gasteiger partial charge in [-0.1, -0.05) is 49.4 Å². The van der Waals surface area contributed by atoms with Crippen LogP contribution in [0.1, 0.15) is 35.0 Å². The van der Waals surface area contributed by atoms with E-state index in [2.05, 4.69) is 48.3 Å². The summed E-state index contributed by atoms with van der Waals surface area (Å²) in [5, 5.41) is 14.9. The lowest BCUT2D eigenvalue weighted by Crippen LogP contribution is -2.29. The third-order valence-electron chi connectivity index (χ3n) is 5.40. The van der Waals surface area contributed by atoms with Gasteiger partial charge in [-0.2, -0.15) is 5.26 Å². The van der Waals surface area contributed by atoms with Gasteiger partial charge in [0.05, 0.1) is 5.56 Å². The fraction of sp³-hybridized carbons (Fsp3) is 0.200. The molecule has 1 unspecified atom stereocenters. The zero-order valence-electron chi connectivity index (χ0n) is 17.0. The third kappa shape index (κ3) is 3.68. The molecule has 0 radical (unpaired) electrons. The second-order valence-electron chi connectivity index (χ2n) is 7.01. The Hall–Kier alpha value is -3.20. The van der Waals surface area contributed by atoms with E-state index in [1.807, 2.05) is 35.7 Å². The van der Waals surface area contributed by atoms with Gasteiger partial charge in [0.25, 0.3) is 0 Å². The van der Waals surface area contributed by atoms with Gasteiger partial charge in [0.15, 0.2) is 0 Å². The standard InChI is InChI=1S/C25H22N2O2S/c1-3-25(28-2,24-27-12-13-30-24)22-10-11-23(21(15-22)16-26)29-17-18-8-9-19-6-4-5-7-20(19)14-18/h4-15H,3,17H2,1-2H3. The first-order valence-electron chi connectivity index (χ1n) is 9.80. The van der Waals surface area contributed by atoms with E-state index < -0.39 is 5.60 Å². The lowest BCUT2D eigenvalue weighted by molar-refractivity contribution is 0.0184. The second-order valence-corrected chi connectivity index (χ2v) is 7.91. The number of nitriles is 1. The molecule has 0 aliphatic rings. The average Bonchev–Trinajstić information content (AvgIpc) is 3.34. The van der Waals surface area contributed by atoms with Gasteiger partial charge in [0.1, 0.15) is 29.0 Å². The maximum Gasteiger partial charge on any atom is 0.144 e. The van der Waals surface area contributed by atoms with Gasteiger partial charge in [-0.15, -0.1) is 11.3 Å². The number of hydrogen-bond acceptors (Lipinski definition) is 5. The van der Waals surface area contributed by atoms with E-state index in [9.17, 15) is 5.26 Å². The highest BCUT2D eigenvalue weighted by atomic mass is 32.1. The summed E-state index contributed by atoms with van der Waals surface area (Å²) in [6, 6.07) is 22.4. The number of rotatable bonds is 7. The molecule has 0 amide bonds. The Kier molecular flexibility index (Phi) is 5.80. The van der Waals surface area contributed by atoms with Crippen molar-refractivity contribution in [3.05, 3.63) is 93.9 Å². The number of methoxy groups -OCH3 is 1. The van der Waals surface area contributed by atoms with Crippen LogP contribution in [-0.2, 0) is 16.9 Å². The molecule has 5 heteroatoms. The van der Waals surface area contributed by atoms with Gasteiger partial charge in [0, 0.05) is 18.7 Å². The predicted octanol–water partition coefficient (Wildman–Crippen LogP) is 6.05. The minimum absolute atomic E-state index is 0.397. The highest BCUT2D eigenvalue weighted by Crippen LogP contribution is 2.39. The molecule has 0 saturated carbocycles. The molecule has 0 fully saturated rings. The summed E-state index contributed by atoms with van der Waals surface area (Å²) in [5.74, 6) is 0.564. The molecule has 0 aliphatic carbocycles. The van der Waals surface area contributed by atoms with Crippen molar-refractivity contribution in [2.45, 2.75) is 25.6 Å². The van der Waals surface area contributed by atoms with Crippen molar-refractivity contribution >= 4 is 22.1 Å². The number of nitrogens with zero attached hydrogens (tertiary/aromatic N) is 2. The van der Waals surface area contributed by atoms with E-state index in [1.54, 1.807) is 24.6 Å². The first-order chi connectivity index (χ1) is 14.7. The number of ether oxygens (including phenoxy) is 2. The number of thiazole rings is 1. The Morgan fingerprint density at radius 2 is 1.90 bits per heavy atom. The number of hydrogen-bond donors (Lipinski definition) is 0. The smallest absolute Gasteiger partial charge is 0.144 e. The van der Waals surface area contributed by atoms with Gasteiger partial charge < -0.3 is 9.47 Å². The van der Waals surface area contributed by atoms with Gasteiger partial charge in [0.2, 0.25) is 0 Å². The molecule has 1 atom stereocenters. The van der Waals surface area contributed by atoms with Crippen molar-refractivity contribution in [1.82, 2.24) is 4.98 Å². The van der Waals surface area contributed by atoms with Crippen LogP contribution in [0.4, 0.5) is 0 Å². The SMILES string of the molecule is CCC(OC)(c1ccc(OCc2ccc3ccccc3c2)c(C#N)c1)c1nccs1. The van der Waals surface area contributed by atoms with Gasteiger partial charge in [-0.25, -0.2) is 4.98 Å². The van der Waals surface area contributed by atoms with E-state index in [4.69, 9.17) is 9.47 Å². The second kappa shape index (κ2) is 8.66. The zero-order chi connectivity index (χ0) is 21.0. The highest BCUT2D eigenvalue weighted by Gasteiger charge is 2.35. The first kappa shape index (κ1) is 20.1.